The van der Waals surface area contributed by atoms with E-state index in [1.54, 1.807) is 26.8 Å². The van der Waals surface area contributed by atoms with Gasteiger partial charge in [0.05, 0.1) is 70.0 Å². The summed E-state index contributed by atoms with van der Waals surface area (Å²) in [7, 11) is 1.14. The molecule has 6 rings (SSSR count). The van der Waals surface area contributed by atoms with Gasteiger partial charge in [0.1, 0.15) is 54.9 Å². The molecule has 4 fully saturated rings. The lowest BCUT2D eigenvalue weighted by Crippen LogP contribution is -2.60. The van der Waals surface area contributed by atoms with E-state index in [-0.39, 0.29) is 53.8 Å². The molecule has 364 valence electrons. The molecule has 0 aromatic rings. The van der Waals surface area contributed by atoms with E-state index < -0.39 is 147 Å². The Morgan fingerprint density at radius 3 is 1.88 bits per heavy atom. The summed E-state index contributed by atoms with van der Waals surface area (Å²) in [5.74, 6) is -6.59. The number of methoxy groups -OCH3 is 1. The number of hydrogen-bond donors (Lipinski definition) is 8. The van der Waals surface area contributed by atoms with Gasteiger partial charge in [-0.1, -0.05) is 26.0 Å². The zero-order valence-electron chi connectivity index (χ0n) is 36.5. The first kappa shape index (κ1) is 50.4. The van der Waals surface area contributed by atoms with E-state index in [0.717, 1.165) is 19.6 Å². The van der Waals surface area contributed by atoms with Crippen molar-refractivity contribution in [3.05, 3.63) is 47.0 Å². The van der Waals surface area contributed by atoms with E-state index in [1.807, 2.05) is 6.92 Å². The number of carbonyl (C=O) groups excluding carboxylic acids is 4. The van der Waals surface area contributed by atoms with Crippen molar-refractivity contribution in [3.63, 3.8) is 0 Å². The van der Waals surface area contributed by atoms with E-state index in [4.69, 9.17) is 47.4 Å². The Bertz CT molecular complexity index is 1840. The molecule has 5 aliphatic heterocycles. The molecule has 22 heteroatoms. The molecule has 1 unspecified atom stereocenters. The lowest BCUT2D eigenvalue weighted by atomic mass is 9.81. The van der Waals surface area contributed by atoms with Gasteiger partial charge in [0, 0.05) is 34.8 Å². The second-order valence-corrected chi connectivity index (χ2v) is 17.1. The maximum Gasteiger partial charge on any atom is 0.337 e. The normalized spacial score (nSPS) is 42.6. The van der Waals surface area contributed by atoms with Crippen molar-refractivity contribution < 1.29 is 107 Å². The van der Waals surface area contributed by atoms with Crippen LogP contribution in [0.4, 0.5) is 0 Å². The third kappa shape index (κ3) is 10.6. The summed E-state index contributed by atoms with van der Waals surface area (Å²) in [6.45, 7) is 5.28. The average Bonchev–Trinajstić information content (AvgIpc) is 3.60. The molecule has 6 aliphatic rings. The van der Waals surface area contributed by atoms with Gasteiger partial charge in [-0.25, -0.2) is 9.59 Å². The molecule has 1 aliphatic carbocycles. The fourth-order valence-corrected chi connectivity index (χ4v) is 9.48. The third-order valence-electron chi connectivity index (χ3n) is 13.1. The maximum absolute atomic E-state index is 14.0. The van der Waals surface area contributed by atoms with Gasteiger partial charge in [-0.15, -0.1) is 0 Å². The molecule has 0 spiro atoms. The van der Waals surface area contributed by atoms with Crippen LogP contribution in [0.25, 0.3) is 0 Å². The molecule has 22 nitrogen and oxygen atoms in total. The average molecular weight is 929 g/mol. The molecular formula is C43H60O22. The minimum atomic E-state index is -1.77. The molecule has 0 aromatic carbocycles. The fraction of sp³-hybridized carbons (Fsp3) is 0.721. The van der Waals surface area contributed by atoms with Crippen LogP contribution in [0.15, 0.2) is 47.0 Å². The van der Waals surface area contributed by atoms with Crippen LogP contribution >= 0.6 is 0 Å². The summed E-state index contributed by atoms with van der Waals surface area (Å²) in [5.41, 5.74) is 0.384. The number of ether oxygens (including phenoxy) is 10. The van der Waals surface area contributed by atoms with Crippen molar-refractivity contribution in [2.45, 2.75) is 127 Å². The molecule has 0 bridgehead atoms. The van der Waals surface area contributed by atoms with Gasteiger partial charge in [0.2, 0.25) is 12.6 Å². The number of aliphatic hydroxyl groups is 8. The molecule has 0 amide bonds. The predicted molar refractivity (Wildman–Crippen MR) is 213 cm³/mol. The number of rotatable bonds is 10. The van der Waals surface area contributed by atoms with Crippen molar-refractivity contribution in [2.75, 3.05) is 33.5 Å². The zero-order valence-corrected chi connectivity index (χ0v) is 36.5. The highest BCUT2D eigenvalue weighted by atomic mass is 16.8. The lowest BCUT2D eigenvalue weighted by molar-refractivity contribution is -0.327. The van der Waals surface area contributed by atoms with Crippen molar-refractivity contribution in [1.82, 2.24) is 0 Å². The number of esters is 4. The molecule has 8 N–H and O–H groups in total. The van der Waals surface area contributed by atoms with Crippen LogP contribution in [0.2, 0.25) is 0 Å². The van der Waals surface area contributed by atoms with Gasteiger partial charge < -0.3 is 88.2 Å². The molecule has 65 heavy (non-hydrogen) atoms. The minimum Gasteiger partial charge on any atom is -0.468 e. The van der Waals surface area contributed by atoms with Crippen molar-refractivity contribution in [1.29, 1.82) is 0 Å². The molecule has 3 saturated heterocycles. The highest BCUT2D eigenvalue weighted by Crippen LogP contribution is 2.45. The molecule has 1 saturated carbocycles. The van der Waals surface area contributed by atoms with Crippen LogP contribution in [0.3, 0.4) is 0 Å². The highest BCUT2D eigenvalue weighted by molar-refractivity contribution is 5.91. The second-order valence-electron chi connectivity index (χ2n) is 17.1. The van der Waals surface area contributed by atoms with Crippen LogP contribution in [-0.2, 0) is 66.5 Å². The van der Waals surface area contributed by atoms with E-state index in [1.165, 1.54) is 6.08 Å². The number of carbonyl (C=O) groups is 4. The van der Waals surface area contributed by atoms with E-state index >= 15 is 0 Å². The lowest BCUT2D eigenvalue weighted by Gasteiger charge is -2.42. The summed E-state index contributed by atoms with van der Waals surface area (Å²) >= 11 is 0. The largest absolute Gasteiger partial charge is 0.468 e. The summed E-state index contributed by atoms with van der Waals surface area (Å²) in [6, 6.07) is 0. The maximum atomic E-state index is 14.0. The van der Waals surface area contributed by atoms with Gasteiger partial charge in [-0.05, 0) is 32.1 Å². The first-order valence-corrected chi connectivity index (χ1v) is 21.5. The predicted octanol–water partition coefficient (Wildman–Crippen LogP) is -1.90. The van der Waals surface area contributed by atoms with Gasteiger partial charge >= 0.3 is 23.9 Å². The number of hydrogen-bond acceptors (Lipinski definition) is 22. The Labute approximate surface area is 373 Å². The quantitative estimate of drug-likeness (QED) is 0.0674. The monoisotopic (exact) mass is 928 g/mol. The Kier molecular flexibility index (Phi) is 16.8. The standard InChI is InChI=1S/C43H60O22/c1-6-19-21-9-29(46)57-14-23-17(3)8-26(31(23)18(4)13-58-39(55)25(21)16-60-40(19)64-42-36(52)34(50)32(48)27(11-44)62-42)61-30(47)10-22-20(7-2)41(59-15-24(22)38(54)56-5)65-43-37(53)35(51)33(49)28(12-45)63-43/h6-7,15-18,21-23,26-28,31-37,40-45,48-53H,8-14H2,1-5H3/b19-6+,20-7+/t17-,18-,21-,22-,23+,26-,27+,28+,31?,32+,33+,34-,35-,36+,37+,40-,41-,42-,43-/m0/s1. The molecule has 0 radical (unpaired) electrons. The first-order chi connectivity index (χ1) is 31.0. The Hall–Kier alpha value is -4.04. The number of allylic oxidation sites excluding steroid dienone is 2. The minimum absolute atomic E-state index is 0.0460. The number of cyclic esters (lactones) is 2. The van der Waals surface area contributed by atoms with Crippen LogP contribution in [0.1, 0.15) is 47.0 Å². The summed E-state index contributed by atoms with van der Waals surface area (Å²) in [5, 5.41) is 81.5. The summed E-state index contributed by atoms with van der Waals surface area (Å²) in [4.78, 5) is 54.3. The molecule has 5 heterocycles. The zero-order chi connectivity index (χ0) is 47.4. The van der Waals surface area contributed by atoms with Gasteiger partial charge in [-0.3, -0.25) is 9.59 Å². The van der Waals surface area contributed by atoms with Gasteiger partial charge in [0.15, 0.2) is 12.6 Å². The Morgan fingerprint density at radius 1 is 0.754 bits per heavy atom. The smallest absolute Gasteiger partial charge is 0.337 e. The topological polar surface area (TPSA) is 322 Å². The molecular weight excluding hydrogens is 868 g/mol. The van der Waals surface area contributed by atoms with Gasteiger partial charge in [0.25, 0.3) is 0 Å². The fourth-order valence-electron chi connectivity index (χ4n) is 9.48. The number of aliphatic hydroxyl groups excluding tert-OH is 8. The Morgan fingerprint density at radius 2 is 1.32 bits per heavy atom. The van der Waals surface area contributed by atoms with Crippen LogP contribution in [-0.4, -0.2) is 178 Å². The van der Waals surface area contributed by atoms with E-state index in [2.05, 4.69) is 0 Å². The SMILES string of the molecule is C/C=C1/[C@H](O[C@@H]2O[C@H](CO)[C@@H](O)[C@H](O)[C@H]2O)OC=C(C(=O)OC)[C@H]1CC(=O)O[C@H]1C[C@H](C)[C@H]2COC(=O)C[C@@H]3C(=CO[C@@H](O[C@@H]4O[C@H](CO)[C@@H](O)[C@H](O)[C@H]4O)/C3=C/C)C(=O)OC[C@H](C)C12. The van der Waals surface area contributed by atoms with Crippen LogP contribution in [0.5, 0.6) is 0 Å². The van der Waals surface area contributed by atoms with Gasteiger partial charge in [-0.2, -0.15) is 0 Å². The van der Waals surface area contributed by atoms with Crippen LogP contribution in [0, 0.1) is 35.5 Å². The van der Waals surface area contributed by atoms with Crippen molar-refractivity contribution >= 4 is 23.9 Å². The first-order valence-electron chi connectivity index (χ1n) is 21.5. The Balaban J connectivity index is 1.16. The van der Waals surface area contributed by atoms with E-state index in [0.29, 0.717) is 6.42 Å². The molecule has 19 atom stereocenters. The number of fused-ring (bicyclic) bond motifs is 2. The van der Waals surface area contributed by atoms with Crippen molar-refractivity contribution in [3.8, 4) is 0 Å². The highest BCUT2D eigenvalue weighted by Gasteiger charge is 2.51. The third-order valence-corrected chi connectivity index (χ3v) is 13.1. The second kappa shape index (κ2) is 21.7. The molecule has 0 aromatic heterocycles. The van der Waals surface area contributed by atoms with Crippen LogP contribution < -0.4 is 0 Å². The summed E-state index contributed by atoms with van der Waals surface area (Å²) < 4.78 is 56.9. The van der Waals surface area contributed by atoms with E-state index in [9.17, 15) is 60.0 Å². The summed E-state index contributed by atoms with van der Waals surface area (Å²) in [6.07, 6.45) is -14.8. The van der Waals surface area contributed by atoms with Crippen molar-refractivity contribution in [2.24, 2.45) is 35.5 Å².